The molecule has 0 aliphatic carbocycles. The molecule has 114 valence electrons. The first kappa shape index (κ1) is 16.5. The van der Waals surface area contributed by atoms with E-state index in [0.29, 0.717) is 11.9 Å². The van der Waals surface area contributed by atoms with Crippen molar-refractivity contribution < 1.29 is 4.42 Å². The number of benzene rings is 1. The lowest BCUT2D eigenvalue weighted by molar-refractivity contribution is 0.163. The van der Waals surface area contributed by atoms with Gasteiger partial charge < -0.3 is 9.73 Å². The van der Waals surface area contributed by atoms with Crippen LogP contribution in [0.1, 0.15) is 12.6 Å². The molecule has 1 saturated heterocycles. The molecule has 21 heavy (non-hydrogen) atoms. The van der Waals surface area contributed by atoms with Gasteiger partial charge in [-0.1, -0.05) is 15.9 Å². The largest absolute Gasteiger partial charge is 0.444 e. The zero-order valence-corrected chi connectivity index (χ0v) is 14.3. The Kier molecular flexibility index (Phi) is 5.81. The first-order valence-electron chi connectivity index (χ1n) is 6.87. The Morgan fingerprint density at radius 3 is 2.86 bits per heavy atom. The number of oxazole rings is 1. The monoisotopic (exact) mass is 371 g/mol. The van der Waals surface area contributed by atoms with Crippen LogP contribution in [-0.2, 0) is 6.54 Å². The van der Waals surface area contributed by atoms with E-state index in [2.05, 4.69) is 38.1 Å². The van der Waals surface area contributed by atoms with Gasteiger partial charge >= 0.3 is 0 Å². The lowest BCUT2D eigenvalue weighted by Gasteiger charge is -2.33. The van der Waals surface area contributed by atoms with E-state index in [4.69, 9.17) is 4.42 Å². The zero-order chi connectivity index (χ0) is 13.9. The van der Waals surface area contributed by atoms with E-state index in [-0.39, 0.29) is 12.4 Å². The quantitative estimate of drug-likeness (QED) is 0.897. The highest BCUT2D eigenvalue weighted by atomic mass is 79.9. The van der Waals surface area contributed by atoms with Gasteiger partial charge in [0.2, 0.25) is 5.89 Å². The van der Waals surface area contributed by atoms with Crippen molar-refractivity contribution in [3.05, 3.63) is 40.7 Å². The van der Waals surface area contributed by atoms with E-state index in [1.165, 1.54) is 0 Å². The fourth-order valence-corrected chi connectivity index (χ4v) is 2.70. The van der Waals surface area contributed by atoms with Crippen LogP contribution in [0.15, 0.2) is 39.4 Å². The van der Waals surface area contributed by atoms with Crippen LogP contribution in [0.25, 0.3) is 11.5 Å². The molecule has 6 heteroatoms. The normalized spacial score (nSPS) is 19.2. The summed E-state index contributed by atoms with van der Waals surface area (Å²) in [6.07, 6.45) is 1.77. The summed E-state index contributed by atoms with van der Waals surface area (Å²) in [7, 11) is 0. The van der Waals surface area contributed by atoms with Crippen molar-refractivity contribution >= 4 is 28.3 Å². The number of nitrogens with zero attached hydrogens (tertiary/aromatic N) is 2. The number of halogens is 2. The van der Waals surface area contributed by atoms with Crippen molar-refractivity contribution in [2.45, 2.75) is 19.5 Å². The molecule has 0 bridgehead atoms. The van der Waals surface area contributed by atoms with Crippen LogP contribution >= 0.6 is 28.3 Å². The van der Waals surface area contributed by atoms with Crippen molar-refractivity contribution in [1.82, 2.24) is 15.2 Å². The molecule has 4 nitrogen and oxygen atoms in total. The summed E-state index contributed by atoms with van der Waals surface area (Å²) >= 11 is 3.43. The lowest BCUT2D eigenvalue weighted by Crippen LogP contribution is -2.49. The summed E-state index contributed by atoms with van der Waals surface area (Å²) in [5, 5.41) is 3.40. The first-order valence-corrected chi connectivity index (χ1v) is 7.67. The maximum absolute atomic E-state index is 5.60. The minimum Gasteiger partial charge on any atom is -0.444 e. The van der Waals surface area contributed by atoms with Gasteiger partial charge in [0.25, 0.3) is 0 Å². The van der Waals surface area contributed by atoms with Gasteiger partial charge in [-0.3, -0.25) is 4.90 Å². The number of rotatable bonds is 3. The summed E-state index contributed by atoms with van der Waals surface area (Å²) in [4.78, 5) is 7.02. The van der Waals surface area contributed by atoms with Crippen LogP contribution in [0.4, 0.5) is 0 Å². The fourth-order valence-electron chi connectivity index (χ4n) is 2.43. The van der Waals surface area contributed by atoms with E-state index in [1.807, 2.05) is 24.3 Å². The molecule has 3 rings (SSSR count). The number of hydrogen-bond donors (Lipinski definition) is 1. The summed E-state index contributed by atoms with van der Waals surface area (Å²) in [5.74, 6) is 0.690. The van der Waals surface area contributed by atoms with Crippen molar-refractivity contribution in [3.8, 4) is 11.5 Å². The maximum atomic E-state index is 5.60. The third-order valence-electron chi connectivity index (χ3n) is 3.65. The van der Waals surface area contributed by atoms with Crippen molar-refractivity contribution in [1.29, 1.82) is 0 Å². The Morgan fingerprint density at radius 2 is 2.14 bits per heavy atom. The first-order chi connectivity index (χ1) is 9.72. The smallest absolute Gasteiger partial charge is 0.226 e. The molecule has 1 N–H and O–H groups in total. The summed E-state index contributed by atoms with van der Waals surface area (Å²) < 4.78 is 6.66. The van der Waals surface area contributed by atoms with Gasteiger partial charge in [0.15, 0.2) is 0 Å². The second-order valence-electron chi connectivity index (χ2n) is 5.17. The Hall–Kier alpha value is -0.880. The Bertz CT molecular complexity index is 573. The summed E-state index contributed by atoms with van der Waals surface area (Å²) in [5.41, 5.74) is 2.00. The average molecular weight is 373 g/mol. The minimum atomic E-state index is 0. The molecule has 2 heterocycles. The molecule has 1 fully saturated rings. The third kappa shape index (κ3) is 4.07. The summed E-state index contributed by atoms with van der Waals surface area (Å²) in [6, 6.07) is 8.55. The van der Waals surface area contributed by atoms with E-state index >= 15 is 0 Å². The molecular formula is C15H19BrClN3O. The molecule has 0 amide bonds. The SMILES string of the molecule is C[C@@H]1CNCCN1Cc1coc(-c2ccc(Br)cc2)n1.Cl. The predicted molar refractivity (Wildman–Crippen MR) is 89.6 cm³/mol. The molecule has 1 aliphatic rings. The van der Waals surface area contributed by atoms with Gasteiger partial charge in [-0.15, -0.1) is 12.4 Å². The van der Waals surface area contributed by atoms with Crippen LogP contribution in [0.3, 0.4) is 0 Å². The predicted octanol–water partition coefficient (Wildman–Crippen LogP) is 3.32. The molecule has 2 aromatic rings. The topological polar surface area (TPSA) is 41.3 Å². The van der Waals surface area contributed by atoms with Gasteiger partial charge in [-0.2, -0.15) is 0 Å². The van der Waals surface area contributed by atoms with Crippen molar-refractivity contribution in [3.63, 3.8) is 0 Å². The molecular weight excluding hydrogens is 354 g/mol. The number of aromatic nitrogens is 1. The molecule has 1 atom stereocenters. The van der Waals surface area contributed by atoms with Crippen LogP contribution in [0, 0.1) is 0 Å². The van der Waals surface area contributed by atoms with E-state index in [0.717, 1.165) is 41.9 Å². The lowest BCUT2D eigenvalue weighted by atomic mass is 10.2. The van der Waals surface area contributed by atoms with Gasteiger partial charge in [-0.05, 0) is 31.2 Å². The van der Waals surface area contributed by atoms with Crippen LogP contribution in [0.5, 0.6) is 0 Å². The zero-order valence-electron chi connectivity index (χ0n) is 11.9. The number of nitrogens with one attached hydrogen (secondary N) is 1. The van der Waals surface area contributed by atoms with E-state index in [9.17, 15) is 0 Å². The average Bonchev–Trinajstić information content (AvgIpc) is 2.91. The van der Waals surface area contributed by atoms with Gasteiger partial charge in [-0.25, -0.2) is 4.98 Å². The molecule has 1 aliphatic heterocycles. The van der Waals surface area contributed by atoms with E-state index < -0.39 is 0 Å². The molecule has 0 spiro atoms. The Balaban J connectivity index is 0.00000161. The van der Waals surface area contributed by atoms with Crippen molar-refractivity contribution in [2.75, 3.05) is 19.6 Å². The van der Waals surface area contributed by atoms with Crippen LogP contribution in [-0.4, -0.2) is 35.6 Å². The van der Waals surface area contributed by atoms with Crippen LogP contribution in [0.2, 0.25) is 0 Å². The van der Waals surface area contributed by atoms with Gasteiger partial charge in [0, 0.05) is 42.3 Å². The second-order valence-corrected chi connectivity index (χ2v) is 6.09. The standard InChI is InChI=1S/C15H18BrN3O.ClH/c1-11-8-17-6-7-19(11)9-14-10-20-15(18-14)12-2-4-13(16)5-3-12;/h2-5,10-11,17H,6-9H2,1H3;1H/t11-;/m1./s1. The van der Waals surface area contributed by atoms with Crippen molar-refractivity contribution in [2.24, 2.45) is 0 Å². The second kappa shape index (κ2) is 7.40. The maximum Gasteiger partial charge on any atom is 0.226 e. The molecule has 1 aromatic heterocycles. The number of piperazine rings is 1. The van der Waals surface area contributed by atoms with Gasteiger partial charge in [0.1, 0.15) is 6.26 Å². The van der Waals surface area contributed by atoms with E-state index in [1.54, 1.807) is 6.26 Å². The number of hydrogen-bond acceptors (Lipinski definition) is 4. The molecule has 0 unspecified atom stereocenters. The highest BCUT2D eigenvalue weighted by molar-refractivity contribution is 9.10. The minimum absolute atomic E-state index is 0. The fraction of sp³-hybridized carbons (Fsp3) is 0.400. The van der Waals surface area contributed by atoms with Gasteiger partial charge in [0.05, 0.1) is 5.69 Å². The Labute approximate surface area is 139 Å². The molecule has 1 aromatic carbocycles. The third-order valence-corrected chi connectivity index (χ3v) is 4.18. The summed E-state index contributed by atoms with van der Waals surface area (Å²) in [6.45, 7) is 6.23. The van der Waals surface area contributed by atoms with Crippen LogP contribution < -0.4 is 5.32 Å². The highest BCUT2D eigenvalue weighted by Gasteiger charge is 2.19. The highest BCUT2D eigenvalue weighted by Crippen LogP contribution is 2.22. The molecule has 0 saturated carbocycles. The Morgan fingerprint density at radius 1 is 1.38 bits per heavy atom. The molecule has 0 radical (unpaired) electrons.